The Morgan fingerprint density at radius 3 is 2.73 bits per heavy atom. The van der Waals surface area contributed by atoms with Gasteiger partial charge in [0.25, 0.3) is 5.91 Å². The van der Waals surface area contributed by atoms with Gasteiger partial charge in [0.05, 0.1) is 17.6 Å². The monoisotopic (exact) mass is 397 g/mol. The Balaban J connectivity index is 1.39. The van der Waals surface area contributed by atoms with Crippen LogP contribution in [0.5, 0.6) is 5.75 Å². The number of nitrogens with zero attached hydrogens (tertiary/aromatic N) is 3. The van der Waals surface area contributed by atoms with E-state index in [9.17, 15) is 4.79 Å². The Kier molecular flexibility index (Phi) is 5.91. The SMILES string of the molecule is O=C(NN=Cc1ccccn1)c1cc(-c2cccc(OCc3ccccc3)c2)n[nH]1. The number of carbonyl (C=O) groups is 1. The molecule has 0 spiro atoms. The molecule has 2 N–H and O–H groups in total. The molecule has 0 atom stereocenters. The summed E-state index contributed by atoms with van der Waals surface area (Å²) in [6, 6.07) is 24.6. The molecule has 0 unspecified atom stereocenters. The second-order valence-electron chi connectivity index (χ2n) is 6.42. The molecular formula is C23H19N5O2. The molecule has 0 radical (unpaired) electrons. The van der Waals surface area contributed by atoms with Crippen LogP contribution in [0, 0.1) is 0 Å². The predicted octanol–water partition coefficient (Wildman–Crippen LogP) is 3.81. The Morgan fingerprint density at radius 2 is 1.90 bits per heavy atom. The van der Waals surface area contributed by atoms with Gasteiger partial charge in [-0.25, -0.2) is 5.43 Å². The van der Waals surface area contributed by atoms with Crippen molar-refractivity contribution in [1.82, 2.24) is 20.6 Å². The molecule has 148 valence electrons. The molecule has 0 bridgehead atoms. The summed E-state index contributed by atoms with van der Waals surface area (Å²) < 4.78 is 5.86. The molecule has 0 fully saturated rings. The van der Waals surface area contributed by atoms with E-state index in [0.717, 1.165) is 16.9 Å². The molecule has 0 aliphatic rings. The molecule has 7 nitrogen and oxygen atoms in total. The lowest BCUT2D eigenvalue weighted by atomic mass is 10.1. The fourth-order valence-electron chi connectivity index (χ4n) is 2.74. The van der Waals surface area contributed by atoms with Crippen LogP contribution in [0.1, 0.15) is 21.7 Å². The van der Waals surface area contributed by atoms with Crippen LogP contribution in [-0.4, -0.2) is 27.3 Å². The standard InChI is InChI=1S/C23H19N5O2/c29-23(28-25-15-19-10-4-5-12-24-19)22-14-21(26-27-22)18-9-6-11-20(13-18)30-16-17-7-2-1-3-8-17/h1-15H,16H2,(H,26,27)(H,28,29). The molecule has 7 heteroatoms. The lowest BCUT2D eigenvalue weighted by molar-refractivity contribution is 0.0950. The predicted molar refractivity (Wildman–Crippen MR) is 114 cm³/mol. The fraction of sp³-hybridized carbons (Fsp3) is 0.0435. The maximum atomic E-state index is 12.3. The number of benzene rings is 2. The van der Waals surface area contributed by atoms with Gasteiger partial charge in [-0.2, -0.15) is 10.2 Å². The number of hydrogen-bond acceptors (Lipinski definition) is 5. The van der Waals surface area contributed by atoms with Gasteiger partial charge in [0.1, 0.15) is 18.1 Å². The minimum Gasteiger partial charge on any atom is -0.489 e. The number of aromatic nitrogens is 3. The summed E-state index contributed by atoms with van der Waals surface area (Å²) in [5.41, 5.74) is 5.98. The van der Waals surface area contributed by atoms with Crippen molar-refractivity contribution in [2.75, 3.05) is 0 Å². The maximum Gasteiger partial charge on any atom is 0.289 e. The normalized spacial score (nSPS) is 10.8. The highest BCUT2D eigenvalue weighted by molar-refractivity contribution is 5.94. The van der Waals surface area contributed by atoms with Crippen LogP contribution in [-0.2, 0) is 6.61 Å². The number of carbonyl (C=O) groups excluding carboxylic acids is 1. The molecule has 0 saturated heterocycles. The molecular weight excluding hydrogens is 378 g/mol. The summed E-state index contributed by atoms with van der Waals surface area (Å²) in [7, 11) is 0. The van der Waals surface area contributed by atoms with Crippen molar-refractivity contribution in [2.24, 2.45) is 5.10 Å². The first-order valence-corrected chi connectivity index (χ1v) is 9.35. The van der Waals surface area contributed by atoms with Gasteiger partial charge in [-0.3, -0.25) is 14.9 Å². The van der Waals surface area contributed by atoms with Gasteiger partial charge in [-0.05, 0) is 35.9 Å². The average molecular weight is 397 g/mol. The lowest BCUT2D eigenvalue weighted by Crippen LogP contribution is -2.18. The van der Waals surface area contributed by atoms with Gasteiger partial charge in [0.15, 0.2) is 0 Å². The van der Waals surface area contributed by atoms with Crippen molar-refractivity contribution >= 4 is 12.1 Å². The number of nitrogens with one attached hydrogen (secondary N) is 2. The topological polar surface area (TPSA) is 92.3 Å². The van der Waals surface area contributed by atoms with Gasteiger partial charge in [-0.1, -0.05) is 48.5 Å². The third kappa shape index (κ3) is 4.96. The first-order valence-electron chi connectivity index (χ1n) is 9.35. The Bertz CT molecular complexity index is 1140. The summed E-state index contributed by atoms with van der Waals surface area (Å²) in [4.78, 5) is 16.4. The van der Waals surface area contributed by atoms with E-state index in [0.29, 0.717) is 23.7 Å². The van der Waals surface area contributed by atoms with Gasteiger partial charge < -0.3 is 4.74 Å². The van der Waals surface area contributed by atoms with Crippen LogP contribution < -0.4 is 10.2 Å². The number of H-pyrrole nitrogens is 1. The molecule has 4 rings (SSSR count). The lowest BCUT2D eigenvalue weighted by Gasteiger charge is -2.07. The third-order valence-corrected chi connectivity index (χ3v) is 4.25. The highest BCUT2D eigenvalue weighted by atomic mass is 16.5. The Morgan fingerprint density at radius 1 is 1.03 bits per heavy atom. The average Bonchev–Trinajstić information content (AvgIpc) is 3.30. The van der Waals surface area contributed by atoms with Crippen LogP contribution in [0.25, 0.3) is 11.3 Å². The zero-order chi connectivity index (χ0) is 20.6. The zero-order valence-electron chi connectivity index (χ0n) is 16.0. The Labute approximate surface area is 173 Å². The van der Waals surface area contributed by atoms with Crippen LogP contribution in [0.2, 0.25) is 0 Å². The van der Waals surface area contributed by atoms with E-state index in [2.05, 4.69) is 25.7 Å². The second-order valence-corrected chi connectivity index (χ2v) is 6.42. The van der Waals surface area contributed by atoms with Gasteiger partial charge in [-0.15, -0.1) is 0 Å². The number of ether oxygens (including phenoxy) is 1. The van der Waals surface area contributed by atoms with Gasteiger partial charge in [0.2, 0.25) is 0 Å². The van der Waals surface area contributed by atoms with Crippen molar-refractivity contribution in [3.8, 4) is 17.0 Å². The summed E-state index contributed by atoms with van der Waals surface area (Å²) in [6.45, 7) is 0.479. The largest absolute Gasteiger partial charge is 0.489 e. The summed E-state index contributed by atoms with van der Waals surface area (Å²) in [6.07, 6.45) is 3.13. The van der Waals surface area contributed by atoms with Gasteiger partial charge >= 0.3 is 0 Å². The smallest absolute Gasteiger partial charge is 0.289 e. The summed E-state index contributed by atoms with van der Waals surface area (Å²) in [5, 5.41) is 10.9. The van der Waals surface area contributed by atoms with Crippen molar-refractivity contribution in [2.45, 2.75) is 6.61 Å². The minimum absolute atomic E-state index is 0.304. The molecule has 2 heterocycles. The van der Waals surface area contributed by atoms with Crippen molar-refractivity contribution in [1.29, 1.82) is 0 Å². The minimum atomic E-state index is -0.391. The number of rotatable bonds is 7. The van der Waals surface area contributed by atoms with E-state index in [1.54, 1.807) is 18.3 Å². The van der Waals surface area contributed by atoms with Gasteiger partial charge in [0, 0.05) is 11.8 Å². The van der Waals surface area contributed by atoms with E-state index in [1.165, 1.54) is 6.21 Å². The van der Waals surface area contributed by atoms with Crippen LogP contribution in [0.3, 0.4) is 0 Å². The van der Waals surface area contributed by atoms with Crippen LogP contribution in [0.4, 0.5) is 0 Å². The van der Waals surface area contributed by atoms with Crippen LogP contribution in [0.15, 0.2) is 90.2 Å². The van der Waals surface area contributed by atoms with Crippen molar-refractivity contribution < 1.29 is 9.53 Å². The maximum absolute atomic E-state index is 12.3. The molecule has 2 aromatic carbocycles. The Hall–Kier alpha value is -4.26. The number of hydrazone groups is 1. The highest BCUT2D eigenvalue weighted by Crippen LogP contribution is 2.23. The molecule has 1 amide bonds. The van der Waals surface area contributed by atoms with Crippen molar-refractivity contribution in [3.63, 3.8) is 0 Å². The molecule has 2 aromatic heterocycles. The zero-order valence-corrected chi connectivity index (χ0v) is 16.0. The van der Waals surface area contributed by atoms with E-state index >= 15 is 0 Å². The highest BCUT2D eigenvalue weighted by Gasteiger charge is 2.11. The van der Waals surface area contributed by atoms with Crippen molar-refractivity contribution in [3.05, 3.63) is 102 Å². The van der Waals surface area contributed by atoms with Crippen LogP contribution >= 0.6 is 0 Å². The number of amides is 1. The summed E-state index contributed by atoms with van der Waals surface area (Å²) >= 11 is 0. The van der Waals surface area contributed by atoms with E-state index < -0.39 is 5.91 Å². The number of pyridine rings is 1. The molecule has 0 saturated carbocycles. The first kappa shape index (κ1) is 19.1. The quantitative estimate of drug-likeness (QED) is 0.366. The molecule has 4 aromatic rings. The van der Waals surface area contributed by atoms with E-state index in [1.807, 2.05) is 66.7 Å². The molecule has 0 aliphatic heterocycles. The number of aromatic amines is 1. The molecule has 30 heavy (non-hydrogen) atoms. The first-order chi connectivity index (χ1) is 14.8. The second kappa shape index (κ2) is 9.29. The van der Waals surface area contributed by atoms with E-state index in [-0.39, 0.29) is 0 Å². The molecule has 0 aliphatic carbocycles. The number of hydrogen-bond donors (Lipinski definition) is 2. The fourth-order valence-corrected chi connectivity index (χ4v) is 2.74. The third-order valence-electron chi connectivity index (χ3n) is 4.25. The van der Waals surface area contributed by atoms with E-state index in [4.69, 9.17) is 4.74 Å². The summed E-state index contributed by atoms with van der Waals surface area (Å²) in [5.74, 6) is 0.336.